The highest BCUT2D eigenvalue weighted by Gasteiger charge is 2.23. The number of nitrogen functional groups attached to an aromatic ring is 1. The van der Waals surface area contributed by atoms with Gasteiger partial charge in [0.1, 0.15) is 29.0 Å². The normalized spacial score (nSPS) is 14.4. The van der Waals surface area contributed by atoms with Gasteiger partial charge in [0.2, 0.25) is 5.88 Å². The van der Waals surface area contributed by atoms with Gasteiger partial charge in [-0.25, -0.2) is 15.0 Å². The molecule has 1 aliphatic heterocycles. The monoisotopic (exact) mass is 405 g/mol. The van der Waals surface area contributed by atoms with Crippen LogP contribution in [0.25, 0.3) is 21.8 Å². The number of pyridine rings is 1. The Hall–Kier alpha value is -3.79. The third kappa shape index (κ3) is 3.07. The van der Waals surface area contributed by atoms with Gasteiger partial charge in [0.05, 0.1) is 35.8 Å². The van der Waals surface area contributed by atoms with E-state index in [2.05, 4.69) is 25.1 Å². The molecule has 10 heteroatoms. The van der Waals surface area contributed by atoms with Crippen LogP contribution in [0.5, 0.6) is 11.6 Å². The quantitative estimate of drug-likeness (QED) is 0.529. The molecule has 4 heterocycles. The molecule has 4 aromatic rings. The molecule has 0 radical (unpaired) electrons. The fraction of sp³-hybridized carbons (Fsp3) is 0.250. The highest BCUT2D eigenvalue weighted by Crippen LogP contribution is 2.36. The smallest absolute Gasteiger partial charge is 0.272 e. The molecule has 1 aromatic carbocycles. The Kier molecular flexibility index (Phi) is 4.40. The van der Waals surface area contributed by atoms with Gasteiger partial charge in [-0.15, -0.1) is 0 Å². The molecule has 1 fully saturated rings. The van der Waals surface area contributed by atoms with Crippen LogP contribution in [0.1, 0.15) is 16.1 Å². The molecule has 5 rings (SSSR count). The average molecular weight is 405 g/mol. The largest absolute Gasteiger partial charge is 0.437 e. The van der Waals surface area contributed by atoms with Crippen molar-refractivity contribution in [3.8, 4) is 11.6 Å². The molecule has 0 saturated carbocycles. The number of nitrogens with zero attached hydrogens (tertiary/aromatic N) is 5. The Morgan fingerprint density at radius 1 is 1.27 bits per heavy atom. The molecule has 0 bridgehead atoms. The summed E-state index contributed by atoms with van der Waals surface area (Å²) in [5.41, 5.74) is 8.54. The number of carbonyl (C=O) groups is 1. The molecule has 1 amide bonds. The van der Waals surface area contributed by atoms with E-state index in [1.54, 1.807) is 17.2 Å². The van der Waals surface area contributed by atoms with Crippen LogP contribution in [0.15, 0.2) is 30.7 Å². The van der Waals surface area contributed by atoms with Crippen molar-refractivity contribution in [3.63, 3.8) is 0 Å². The molecule has 0 aliphatic carbocycles. The van der Waals surface area contributed by atoms with Gasteiger partial charge in [0, 0.05) is 13.1 Å². The molecule has 0 spiro atoms. The maximum absolute atomic E-state index is 13.0. The van der Waals surface area contributed by atoms with Crippen molar-refractivity contribution in [1.29, 1.82) is 0 Å². The first-order valence-electron chi connectivity index (χ1n) is 9.50. The third-order valence-electron chi connectivity index (χ3n) is 5.10. The second kappa shape index (κ2) is 7.23. The highest BCUT2D eigenvalue weighted by atomic mass is 16.5. The molecule has 3 aromatic heterocycles. The summed E-state index contributed by atoms with van der Waals surface area (Å²) in [7, 11) is 0. The zero-order valence-corrected chi connectivity index (χ0v) is 16.3. The fourth-order valence-electron chi connectivity index (χ4n) is 3.51. The Morgan fingerprint density at radius 3 is 2.93 bits per heavy atom. The minimum atomic E-state index is -0.208. The van der Waals surface area contributed by atoms with E-state index in [9.17, 15) is 4.79 Å². The number of aryl methyl sites for hydroxylation is 1. The molecule has 1 aliphatic rings. The number of benzene rings is 1. The Labute approximate surface area is 171 Å². The summed E-state index contributed by atoms with van der Waals surface area (Å²) in [5, 5.41) is 8.26. The zero-order valence-electron chi connectivity index (χ0n) is 16.3. The molecule has 0 unspecified atom stereocenters. The Bertz CT molecular complexity index is 1260. The van der Waals surface area contributed by atoms with Gasteiger partial charge in [-0.05, 0) is 24.6 Å². The van der Waals surface area contributed by atoms with Crippen molar-refractivity contribution in [1.82, 2.24) is 30.0 Å². The van der Waals surface area contributed by atoms with Gasteiger partial charge in [-0.1, -0.05) is 6.07 Å². The lowest BCUT2D eigenvalue weighted by Crippen LogP contribution is -2.41. The van der Waals surface area contributed by atoms with Crippen molar-refractivity contribution in [2.24, 2.45) is 0 Å². The number of nitrogens with two attached hydrogens (primary N) is 1. The standard InChI is InChI=1S/C20H19N7O3/c1-11-2-3-13-12(9-24-26-13)17(11)30-19-16-14(22-10-23-18(16)21)8-15(25-19)20(28)27-4-6-29-7-5-27/h2-3,8-10H,4-7H2,1H3,(H,24,26)(H2,21,22,23). The number of aromatic amines is 1. The summed E-state index contributed by atoms with van der Waals surface area (Å²) < 4.78 is 11.6. The number of ether oxygens (including phenoxy) is 2. The fourth-order valence-corrected chi connectivity index (χ4v) is 3.51. The van der Waals surface area contributed by atoms with E-state index >= 15 is 0 Å². The summed E-state index contributed by atoms with van der Waals surface area (Å²) >= 11 is 0. The van der Waals surface area contributed by atoms with Crippen LogP contribution in [-0.2, 0) is 4.74 Å². The van der Waals surface area contributed by atoms with Gasteiger partial charge >= 0.3 is 0 Å². The molecule has 0 atom stereocenters. The minimum Gasteiger partial charge on any atom is -0.437 e. The van der Waals surface area contributed by atoms with Gasteiger partial charge < -0.3 is 20.1 Å². The topological polar surface area (TPSA) is 132 Å². The lowest BCUT2D eigenvalue weighted by molar-refractivity contribution is 0.0299. The Morgan fingerprint density at radius 2 is 2.10 bits per heavy atom. The van der Waals surface area contributed by atoms with E-state index in [-0.39, 0.29) is 23.3 Å². The van der Waals surface area contributed by atoms with Crippen LogP contribution in [-0.4, -0.2) is 62.3 Å². The van der Waals surface area contributed by atoms with E-state index in [0.717, 1.165) is 16.5 Å². The second-order valence-corrected chi connectivity index (χ2v) is 7.02. The van der Waals surface area contributed by atoms with Gasteiger partial charge in [0.15, 0.2) is 0 Å². The minimum absolute atomic E-state index is 0.180. The number of hydrogen-bond acceptors (Lipinski definition) is 8. The number of morpholine rings is 1. The highest BCUT2D eigenvalue weighted by molar-refractivity contribution is 6.00. The van der Waals surface area contributed by atoms with Crippen molar-refractivity contribution < 1.29 is 14.3 Å². The lowest BCUT2D eigenvalue weighted by Gasteiger charge is -2.26. The Balaban J connectivity index is 1.65. The number of H-pyrrole nitrogens is 1. The van der Waals surface area contributed by atoms with Gasteiger partial charge in [0.25, 0.3) is 5.91 Å². The summed E-state index contributed by atoms with van der Waals surface area (Å²) in [6.07, 6.45) is 3.04. The number of hydrogen-bond donors (Lipinski definition) is 2. The number of rotatable bonds is 3. The summed E-state index contributed by atoms with van der Waals surface area (Å²) in [6.45, 7) is 3.94. The van der Waals surface area contributed by atoms with Crippen LogP contribution in [0.2, 0.25) is 0 Å². The van der Waals surface area contributed by atoms with E-state index in [0.29, 0.717) is 43.0 Å². The first-order chi connectivity index (χ1) is 14.6. The SMILES string of the molecule is Cc1ccc2[nH]ncc2c1Oc1nc(C(=O)N2CCOCC2)cc2ncnc(N)c12. The lowest BCUT2D eigenvalue weighted by atomic mass is 10.1. The molecule has 10 nitrogen and oxygen atoms in total. The van der Waals surface area contributed by atoms with E-state index < -0.39 is 0 Å². The number of carbonyl (C=O) groups excluding carboxylic acids is 1. The predicted octanol–water partition coefficient (Wildman–Crippen LogP) is 2.06. The van der Waals surface area contributed by atoms with Gasteiger partial charge in [-0.2, -0.15) is 5.10 Å². The molecule has 1 saturated heterocycles. The summed E-state index contributed by atoms with van der Waals surface area (Å²) in [4.78, 5) is 27.6. The number of nitrogens with one attached hydrogen (secondary N) is 1. The van der Waals surface area contributed by atoms with Crippen molar-refractivity contribution in [2.45, 2.75) is 6.92 Å². The van der Waals surface area contributed by atoms with Crippen LogP contribution < -0.4 is 10.5 Å². The summed E-state index contributed by atoms with van der Waals surface area (Å²) in [5.74, 6) is 0.777. The van der Waals surface area contributed by atoms with Crippen LogP contribution in [0.3, 0.4) is 0 Å². The number of aromatic nitrogens is 5. The van der Waals surface area contributed by atoms with Crippen LogP contribution in [0, 0.1) is 6.92 Å². The second-order valence-electron chi connectivity index (χ2n) is 7.02. The van der Waals surface area contributed by atoms with Crippen LogP contribution in [0.4, 0.5) is 5.82 Å². The van der Waals surface area contributed by atoms with Crippen LogP contribution >= 0.6 is 0 Å². The number of anilines is 1. The van der Waals surface area contributed by atoms with E-state index in [1.165, 1.54) is 6.33 Å². The number of fused-ring (bicyclic) bond motifs is 2. The van der Waals surface area contributed by atoms with E-state index in [4.69, 9.17) is 15.2 Å². The van der Waals surface area contributed by atoms with Gasteiger partial charge in [-0.3, -0.25) is 9.89 Å². The molecule has 30 heavy (non-hydrogen) atoms. The number of amides is 1. The maximum Gasteiger partial charge on any atom is 0.272 e. The predicted molar refractivity (Wildman–Crippen MR) is 109 cm³/mol. The van der Waals surface area contributed by atoms with Crippen molar-refractivity contribution in [3.05, 3.63) is 42.0 Å². The first kappa shape index (κ1) is 18.3. The molecule has 3 N–H and O–H groups in total. The van der Waals surface area contributed by atoms with E-state index in [1.807, 2.05) is 19.1 Å². The zero-order chi connectivity index (χ0) is 20.7. The average Bonchev–Trinajstić information content (AvgIpc) is 3.25. The third-order valence-corrected chi connectivity index (χ3v) is 5.10. The van der Waals surface area contributed by atoms with Crippen molar-refractivity contribution >= 4 is 33.5 Å². The van der Waals surface area contributed by atoms with Crippen molar-refractivity contribution in [2.75, 3.05) is 32.0 Å². The molecular weight excluding hydrogens is 386 g/mol. The first-order valence-corrected chi connectivity index (χ1v) is 9.50. The molecular formula is C20H19N7O3. The molecule has 152 valence electrons. The summed E-state index contributed by atoms with van der Waals surface area (Å²) in [6, 6.07) is 5.45. The maximum atomic E-state index is 13.0.